The molecule has 0 bridgehead atoms. The molecule has 134 valence electrons. The van der Waals surface area contributed by atoms with Gasteiger partial charge in [0.25, 0.3) is 0 Å². The molecule has 1 fully saturated rings. The van der Waals surface area contributed by atoms with E-state index < -0.39 is 0 Å². The van der Waals surface area contributed by atoms with E-state index in [4.69, 9.17) is 0 Å². The van der Waals surface area contributed by atoms with Crippen molar-refractivity contribution in [2.45, 2.75) is 65.1 Å². The highest BCUT2D eigenvalue weighted by molar-refractivity contribution is 5.82. The van der Waals surface area contributed by atoms with Crippen LogP contribution in [-0.4, -0.2) is 66.5 Å². The minimum absolute atomic E-state index is 0.0179. The lowest BCUT2D eigenvalue weighted by atomic mass is 10.00. The zero-order valence-electron chi connectivity index (χ0n) is 15.8. The highest BCUT2D eigenvalue weighted by Crippen LogP contribution is 2.14. The number of likely N-dealkylation sites (N-methyl/N-ethyl adjacent to an activating group) is 1. The van der Waals surface area contributed by atoms with E-state index in [1.54, 1.807) is 0 Å². The van der Waals surface area contributed by atoms with Crippen molar-refractivity contribution < 1.29 is 9.59 Å². The highest BCUT2D eigenvalue weighted by Gasteiger charge is 2.29. The molecule has 0 saturated carbocycles. The van der Waals surface area contributed by atoms with Crippen molar-refractivity contribution in [3.8, 4) is 0 Å². The van der Waals surface area contributed by atoms with Crippen LogP contribution in [-0.2, 0) is 4.79 Å². The van der Waals surface area contributed by atoms with Crippen LogP contribution in [0.3, 0.4) is 0 Å². The smallest absolute Gasteiger partial charge is 0.317 e. The summed E-state index contributed by atoms with van der Waals surface area (Å²) in [6.45, 7) is 11.4. The summed E-state index contributed by atoms with van der Waals surface area (Å²) < 4.78 is 0. The zero-order valence-corrected chi connectivity index (χ0v) is 15.8. The van der Waals surface area contributed by atoms with E-state index >= 15 is 0 Å². The average Bonchev–Trinajstić information content (AvgIpc) is 2.36. The maximum absolute atomic E-state index is 12.5. The summed E-state index contributed by atoms with van der Waals surface area (Å²) in [7, 11) is 3.87. The third kappa shape index (κ3) is 6.37. The van der Waals surface area contributed by atoms with Crippen molar-refractivity contribution in [2.75, 3.05) is 27.2 Å². The van der Waals surface area contributed by atoms with Crippen LogP contribution in [0.4, 0.5) is 4.79 Å². The maximum atomic E-state index is 12.5. The number of rotatable bonds is 4. The number of carbonyl (C=O) groups is 2. The van der Waals surface area contributed by atoms with Crippen LogP contribution in [0.1, 0.15) is 47.5 Å². The number of urea groups is 1. The van der Waals surface area contributed by atoms with Crippen LogP contribution < -0.4 is 10.6 Å². The van der Waals surface area contributed by atoms with Crippen molar-refractivity contribution in [1.29, 1.82) is 0 Å². The Balaban J connectivity index is 2.47. The van der Waals surface area contributed by atoms with Gasteiger partial charge in [0.1, 0.15) is 0 Å². The Morgan fingerprint density at radius 3 is 2.04 bits per heavy atom. The summed E-state index contributed by atoms with van der Waals surface area (Å²) >= 11 is 0. The fourth-order valence-electron chi connectivity index (χ4n) is 3.05. The van der Waals surface area contributed by atoms with Crippen molar-refractivity contribution >= 4 is 11.9 Å². The first-order valence-corrected chi connectivity index (χ1v) is 8.55. The Bertz CT molecular complexity index is 399. The number of nitrogens with zero attached hydrogens (tertiary/aromatic N) is 2. The summed E-state index contributed by atoms with van der Waals surface area (Å²) in [6, 6.07) is 0.0234. The van der Waals surface area contributed by atoms with E-state index in [1.165, 1.54) is 0 Å². The number of piperidine rings is 1. The minimum atomic E-state index is -0.224. The van der Waals surface area contributed by atoms with Gasteiger partial charge >= 0.3 is 6.03 Å². The fourth-order valence-corrected chi connectivity index (χ4v) is 3.05. The van der Waals surface area contributed by atoms with E-state index in [1.807, 2.05) is 44.7 Å². The third-order valence-electron chi connectivity index (χ3n) is 4.07. The Morgan fingerprint density at radius 2 is 1.65 bits per heavy atom. The molecule has 1 aliphatic heterocycles. The second kappa shape index (κ2) is 7.99. The molecule has 1 heterocycles. The van der Waals surface area contributed by atoms with Gasteiger partial charge in [0, 0.05) is 24.7 Å². The fraction of sp³-hybridized carbons (Fsp3) is 0.882. The van der Waals surface area contributed by atoms with Gasteiger partial charge in [-0.15, -0.1) is 0 Å². The Kier molecular flexibility index (Phi) is 6.86. The van der Waals surface area contributed by atoms with Crippen molar-refractivity contribution in [3.05, 3.63) is 0 Å². The molecule has 3 amide bonds. The number of carbonyl (C=O) groups excluding carboxylic acids is 2. The van der Waals surface area contributed by atoms with Gasteiger partial charge in [-0.3, -0.25) is 9.69 Å². The van der Waals surface area contributed by atoms with E-state index in [0.29, 0.717) is 13.1 Å². The Hall–Kier alpha value is -1.30. The Labute approximate surface area is 141 Å². The van der Waals surface area contributed by atoms with E-state index in [0.717, 1.165) is 12.8 Å². The van der Waals surface area contributed by atoms with Gasteiger partial charge in [-0.05, 0) is 53.6 Å². The third-order valence-corrected chi connectivity index (χ3v) is 4.07. The van der Waals surface area contributed by atoms with Gasteiger partial charge in [0.15, 0.2) is 0 Å². The summed E-state index contributed by atoms with van der Waals surface area (Å²) in [6.07, 6.45) is 1.61. The van der Waals surface area contributed by atoms with E-state index in [9.17, 15) is 9.59 Å². The van der Waals surface area contributed by atoms with Crippen LogP contribution in [0.2, 0.25) is 0 Å². The molecule has 0 aliphatic carbocycles. The first-order chi connectivity index (χ1) is 10.5. The molecule has 0 aromatic carbocycles. The number of nitrogens with one attached hydrogen (secondary N) is 2. The summed E-state index contributed by atoms with van der Waals surface area (Å²) in [5, 5.41) is 6.14. The Morgan fingerprint density at radius 1 is 1.13 bits per heavy atom. The number of likely N-dealkylation sites (tertiary alicyclic amines) is 1. The molecule has 0 aromatic rings. The molecule has 0 aromatic heterocycles. The van der Waals surface area contributed by atoms with Gasteiger partial charge in [0.2, 0.25) is 5.91 Å². The second-order valence-corrected chi connectivity index (χ2v) is 8.10. The molecule has 0 unspecified atom stereocenters. The van der Waals surface area contributed by atoms with E-state index in [-0.39, 0.29) is 35.5 Å². The lowest BCUT2D eigenvalue weighted by molar-refractivity contribution is -0.127. The molecule has 0 radical (unpaired) electrons. The monoisotopic (exact) mass is 326 g/mol. The van der Waals surface area contributed by atoms with E-state index in [2.05, 4.69) is 24.5 Å². The van der Waals surface area contributed by atoms with Crippen molar-refractivity contribution in [2.24, 2.45) is 5.92 Å². The number of amides is 3. The topological polar surface area (TPSA) is 64.7 Å². The predicted molar refractivity (Wildman–Crippen MR) is 93.3 cm³/mol. The van der Waals surface area contributed by atoms with Crippen molar-refractivity contribution in [3.63, 3.8) is 0 Å². The largest absolute Gasteiger partial charge is 0.352 e. The molecule has 1 atom stereocenters. The van der Waals surface area contributed by atoms with Crippen LogP contribution in [0, 0.1) is 5.92 Å². The molecule has 23 heavy (non-hydrogen) atoms. The lowest BCUT2D eigenvalue weighted by Gasteiger charge is -2.36. The SMILES string of the molecule is CC(C)[C@@H](C(=O)NC1CCN(C(=O)NC(C)(C)C)CC1)N(C)C. The quantitative estimate of drug-likeness (QED) is 0.826. The standard InChI is InChI=1S/C17H34N4O2/c1-12(2)14(20(6)7)15(22)18-13-8-10-21(11-9-13)16(23)19-17(3,4)5/h12-14H,8-11H2,1-7H3,(H,18,22)(H,19,23)/t14-/m0/s1. The average molecular weight is 326 g/mol. The molecule has 1 aliphatic rings. The zero-order chi connectivity index (χ0) is 17.8. The van der Waals surface area contributed by atoms with Crippen LogP contribution in [0.5, 0.6) is 0 Å². The van der Waals surface area contributed by atoms with Crippen LogP contribution in [0.15, 0.2) is 0 Å². The molecular weight excluding hydrogens is 292 g/mol. The second-order valence-electron chi connectivity index (χ2n) is 8.10. The summed E-state index contributed by atoms with van der Waals surface area (Å²) in [5.74, 6) is 0.352. The number of hydrogen-bond acceptors (Lipinski definition) is 3. The van der Waals surface area contributed by atoms with Gasteiger partial charge in [-0.25, -0.2) is 4.79 Å². The minimum Gasteiger partial charge on any atom is -0.352 e. The number of hydrogen-bond donors (Lipinski definition) is 2. The van der Waals surface area contributed by atoms with Gasteiger partial charge < -0.3 is 15.5 Å². The maximum Gasteiger partial charge on any atom is 0.317 e. The molecule has 6 nitrogen and oxygen atoms in total. The molecule has 6 heteroatoms. The molecule has 2 N–H and O–H groups in total. The molecule has 1 rings (SSSR count). The lowest BCUT2D eigenvalue weighted by Crippen LogP contribution is -2.55. The molecule has 0 spiro atoms. The molecular formula is C17H34N4O2. The van der Waals surface area contributed by atoms with Gasteiger partial charge in [0.05, 0.1) is 6.04 Å². The van der Waals surface area contributed by atoms with Gasteiger partial charge in [-0.1, -0.05) is 13.8 Å². The first-order valence-electron chi connectivity index (χ1n) is 8.55. The molecule has 1 saturated heterocycles. The summed E-state index contributed by atoms with van der Waals surface area (Å²) in [5.41, 5.74) is -0.224. The van der Waals surface area contributed by atoms with Crippen molar-refractivity contribution in [1.82, 2.24) is 20.4 Å². The summed E-state index contributed by atoms with van der Waals surface area (Å²) in [4.78, 5) is 28.4. The normalized spacial score (nSPS) is 18.2. The van der Waals surface area contributed by atoms with Crippen LogP contribution in [0.25, 0.3) is 0 Å². The van der Waals surface area contributed by atoms with Crippen LogP contribution >= 0.6 is 0 Å². The highest BCUT2D eigenvalue weighted by atomic mass is 16.2. The van der Waals surface area contributed by atoms with Gasteiger partial charge in [-0.2, -0.15) is 0 Å². The predicted octanol–water partition coefficient (Wildman–Crippen LogP) is 1.66. The first kappa shape index (κ1) is 19.7.